The molecule has 0 bridgehead atoms. The van der Waals surface area contributed by atoms with Gasteiger partial charge in [0.15, 0.2) is 11.5 Å². The van der Waals surface area contributed by atoms with Crippen LogP contribution in [-0.2, 0) is 32.8 Å². The number of carboxylic acids is 1. The molecule has 1 unspecified atom stereocenters. The summed E-state index contributed by atoms with van der Waals surface area (Å²) in [5.74, 6) is -1.61. The number of aliphatic carboxylic acids is 1. The van der Waals surface area contributed by atoms with Gasteiger partial charge < -0.3 is 21.9 Å². The summed E-state index contributed by atoms with van der Waals surface area (Å²) in [7, 11) is 0. The van der Waals surface area contributed by atoms with Crippen LogP contribution in [0.3, 0.4) is 0 Å². The van der Waals surface area contributed by atoms with Gasteiger partial charge in [-0.15, -0.1) is 0 Å². The number of halogens is 1. The molecule has 45 heavy (non-hydrogen) atoms. The lowest BCUT2D eigenvalue weighted by Gasteiger charge is -2.23. The van der Waals surface area contributed by atoms with Crippen LogP contribution in [-0.4, -0.2) is 53.5 Å². The zero-order chi connectivity index (χ0) is 31.9. The van der Waals surface area contributed by atoms with E-state index in [4.69, 9.17) is 16.6 Å². The highest BCUT2D eigenvalue weighted by molar-refractivity contribution is 6.09. The third-order valence-corrected chi connectivity index (χ3v) is 8.11. The monoisotopic (exact) mass is 608 g/mol. The molecule has 1 aliphatic rings. The van der Waals surface area contributed by atoms with Gasteiger partial charge in [0.05, 0.1) is 17.5 Å². The number of benzene rings is 2. The van der Waals surface area contributed by atoms with E-state index >= 15 is 0 Å². The zero-order valence-corrected chi connectivity index (χ0v) is 24.2. The van der Waals surface area contributed by atoms with E-state index in [1.165, 1.54) is 6.07 Å². The number of carboxylic acid groups (broad SMARTS) is 1. The Bertz CT molecular complexity index is 1980. The van der Waals surface area contributed by atoms with Gasteiger partial charge in [-0.25, -0.2) is 24.0 Å². The van der Waals surface area contributed by atoms with Crippen LogP contribution >= 0.6 is 0 Å². The normalized spacial score (nSPS) is 16.4. The van der Waals surface area contributed by atoms with Crippen molar-refractivity contribution in [2.24, 2.45) is 5.73 Å². The lowest BCUT2D eigenvalue weighted by atomic mass is 9.77. The van der Waals surface area contributed by atoms with Crippen molar-refractivity contribution in [2.75, 3.05) is 11.1 Å². The number of nitrogens with one attached hydrogen (secondary N) is 1. The minimum absolute atomic E-state index is 0.0981. The van der Waals surface area contributed by atoms with Gasteiger partial charge in [0.25, 0.3) is 0 Å². The number of anilines is 2. The number of carbonyl (C=O) groups is 3. The molecule has 2 aromatic carbocycles. The maximum atomic E-state index is 14.4. The first kappa shape index (κ1) is 29.5. The zero-order valence-electron chi connectivity index (χ0n) is 24.2. The van der Waals surface area contributed by atoms with Crippen molar-refractivity contribution in [1.82, 2.24) is 24.7 Å². The summed E-state index contributed by atoms with van der Waals surface area (Å²) in [5.41, 5.74) is 14.0. The SMILES string of the molecule is CC1(c2ccc(CCC(=O)C[C@H](N)C(=O)O)cc2)C(=O)Nc2nc(-c3nn(Cc4ccccc4F)c4ncccc34)nc(N)c21. The van der Waals surface area contributed by atoms with Crippen LogP contribution in [0.5, 0.6) is 0 Å². The van der Waals surface area contributed by atoms with Gasteiger partial charge in [-0.1, -0.05) is 42.5 Å². The van der Waals surface area contributed by atoms with E-state index < -0.39 is 17.4 Å². The number of aryl methyl sites for hydroxylation is 1. The molecular formula is C32H29FN8O4. The summed E-state index contributed by atoms with van der Waals surface area (Å²) >= 11 is 0. The molecule has 0 fully saturated rings. The second kappa shape index (κ2) is 11.5. The van der Waals surface area contributed by atoms with Gasteiger partial charge in [-0.2, -0.15) is 5.10 Å². The van der Waals surface area contributed by atoms with Crippen molar-refractivity contribution in [2.45, 2.75) is 44.2 Å². The average Bonchev–Trinajstić information content (AvgIpc) is 3.52. The second-order valence-corrected chi connectivity index (χ2v) is 11.1. The first-order valence-electron chi connectivity index (χ1n) is 14.2. The number of rotatable bonds is 10. The highest BCUT2D eigenvalue weighted by atomic mass is 19.1. The summed E-state index contributed by atoms with van der Waals surface area (Å²) in [6.07, 6.45) is 1.92. The summed E-state index contributed by atoms with van der Waals surface area (Å²) < 4.78 is 16.0. The van der Waals surface area contributed by atoms with Crippen LogP contribution in [0.1, 0.15) is 42.0 Å². The molecule has 5 aromatic rings. The molecule has 0 saturated carbocycles. The Labute approximate surface area is 256 Å². The molecular weight excluding hydrogens is 579 g/mol. The number of ketones is 1. The largest absolute Gasteiger partial charge is 0.480 e. The van der Waals surface area contributed by atoms with Crippen molar-refractivity contribution in [3.63, 3.8) is 0 Å². The molecule has 0 saturated heterocycles. The summed E-state index contributed by atoms with van der Waals surface area (Å²) in [5, 5.41) is 17.1. The first-order valence-corrected chi connectivity index (χ1v) is 14.2. The lowest BCUT2D eigenvalue weighted by molar-refractivity contribution is -0.140. The Kier molecular flexibility index (Phi) is 7.54. The van der Waals surface area contributed by atoms with E-state index in [-0.39, 0.29) is 54.4 Å². The van der Waals surface area contributed by atoms with Crippen LogP contribution in [0.4, 0.5) is 16.0 Å². The van der Waals surface area contributed by atoms with Crippen molar-refractivity contribution in [3.05, 3.63) is 94.9 Å². The van der Waals surface area contributed by atoms with Crippen LogP contribution in [0.15, 0.2) is 66.9 Å². The van der Waals surface area contributed by atoms with E-state index in [2.05, 4.69) is 25.4 Å². The molecule has 1 amide bonds. The smallest absolute Gasteiger partial charge is 0.320 e. The van der Waals surface area contributed by atoms with Crippen molar-refractivity contribution in [3.8, 4) is 11.5 Å². The van der Waals surface area contributed by atoms with Gasteiger partial charge in [-0.3, -0.25) is 14.4 Å². The maximum absolute atomic E-state index is 14.4. The number of Topliss-reactive ketones (excluding diaryl/α,β-unsaturated/α-hetero) is 1. The Morgan fingerprint density at radius 1 is 1.09 bits per heavy atom. The van der Waals surface area contributed by atoms with Gasteiger partial charge in [-0.05, 0) is 42.7 Å². The highest BCUT2D eigenvalue weighted by Gasteiger charge is 2.47. The topological polar surface area (TPSA) is 192 Å². The molecule has 0 aliphatic carbocycles. The lowest BCUT2D eigenvalue weighted by Crippen LogP contribution is -2.33. The Morgan fingerprint density at radius 2 is 1.84 bits per heavy atom. The molecule has 13 heteroatoms. The summed E-state index contributed by atoms with van der Waals surface area (Å²) in [6, 6.07) is 16.0. The molecule has 3 aromatic heterocycles. The number of aromatic nitrogens is 5. The third-order valence-electron chi connectivity index (χ3n) is 8.11. The van der Waals surface area contributed by atoms with Gasteiger partial charge in [0, 0.05) is 24.6 Å². The predicted octanol–water partition coefficient (Wildman–Crippen LogP) is 3.22. The van der Waals surface area contributed by atoms with Crippen LogP contribution in [0.25, 0.3) is 22.6 Å². The van der Waals surface area contributed by atoms with E-state index in [0.29, 0.717) is 39.8 Å². The summed E-state index contributed by atoms with van der Waals surface area (Å²) in [4.78, 5) is 50.2. The fourth-order valence-electron chi connectivity index (χ4n) is 5.58. The Hall–Kier alpha value is -5.56. The number of amides is 1. The number of carbonyl (C=O) groups excluding carboxylic acids is 2. The molecule has 6 rings (SSSR count). The van der Waals surface area contributed by atoms with Crippen molar-refractivity contribution >= 4 is 40.3 Å². The summed E-state index contributed by atoms with van der Waals surface area (Å²) in [6.45, 7) is 1.87. The van der Waals surface area contributed by atoms with Crippen LogP contribution < -0.4 is 16.8 Å². The molecule has 228 valence electrons. The van der Waals surface area contributed by atoms with E-state index in [1.807, 2.05) is 18.2 Å². The number of hydrogen-bond acceptors (Lipinski definition) is 9. The number of fused-ring (bicyclic) bond motifs is 2. The average molecular weight is 609 g/mol. The molecule has 1 aliphatic heterocycles. The molecule has 6 N–H and O–H groups in total. The third kappa shape index (κ3) is 5.38. The fraction of sp³-hybridized carbons (Fsp3) is 0.219. The van der Waals surface area contributed by atoms with Crippen molar-refractivity contribution in [1.29, 1.82) is 0 Å². The molecule has 2 atom stereocenters. The highest BCUT2D eigenvalue weighted by Crippen LogP contribution is 2.45. The minimum Gasteiger partial charge on any atom is -0.480 e. The number of hydrogen-bond donors (Lipinski definition) is 4. The minimum atomic E-state index is -1.22. The first-order chi connectivity index (χ1) is 21.6. The number of pyridine rings is 1. The number of nitrogens with two attached hydrogens (primary N) is 2. The predicted molar refractivity (Wildman–Crippen MR) is 164 cm³/mol. The number of nitrogens with zero attached hydrogens (tertiary/aromatic N) is 5. The Morgan fingerprint density at radius 3 is 2.58 bits per heavy atom. The van der Waals surface area contributed by atoms with Crippen LogP contribution in [0, 0.1) is 5.82 Å². The van der Waals surface area contributed by atoms with E-state index in [0.717, 1.165) is 5.56 Å². The second-order valence-electron chi connectivity index (χ2n) is 11.1. The van der Waals surface area contributed by atoms with E-state index in [1.54, 1.807) is 54.2 Å². The molecule has 4 heterocycles. The van der Waals surface area contributed by atoms with E-state index in [9.17, 15) is 18.8 Å². The van der Waals surface area contributed by atoms with Crippen molar-refractivity contribution < 1.29 is 23.9 Å². The molecule has 12 nitrogen and oxygen atoms in total. The van der Waals surface area contributed by atoms with Gasteiger partial charge in [0.2, 0.25) is 5.91 Å². The fourth-order valence-corrected chi connectivity index (χ4v) is 5.58. The Balaban J connectivity index is 1.29. The van der Waals surface area contributed by atoms with Gasteiger partial charge in [0.1, 0.15) is 40.4 Å². The standard InChI is InChI=1S/C32H29FN8O4/c1-32(19-11-8-17(9-12-19)10-13-20(42)15-23(34)30(43)44)24-26(35)37-28(38-27(24)39-31(32)45)25-21-6-4-14-36-29(21)41(40-25)16-18-5-2-3-7-22(18)33/h2-9,11-12,14,23H,10,13,15-16,34H2,1H3,(H,43,44)(H3,35,37,38,39,45)/t23-,32?/m0/s1. The molecule has 0 spiro atoms. The maximum Gasteiger partial charge on any atom is 0.320 e. The number of nitrogen functional groups attached to an aromatic ring is 1. The molecule has 0 radical (unpaired) electrons. The van der Waals surface area contributed by atoms with Gasteiger partial charge >= 0.3 is 5.97 Å². The quantitative estimate of drug-likeness (QED) is 0.183. The van der Waals surface area contributed by atoms with Crippen LogP contribution in [0.2, 0.25) is 0 Å².